The van der Waals surface area contributed by atoms with Crippen LogP contribution in [-0.4, -0.2) is 26.1 Å². The summed E-state index contributed by atoms with van der Waals surface area (Å²) in [5.41, 5.74) is 2.67. The summed E-state index contributed by atoms with van der Waals surface area (Å²) in [5, 5.41) is 6.03. The van der Waals surface area contributed by atoms with Crippen LogP contribution in [-0.2, 0) is 11.2 Å². The summed E-state index contributed by atoms with van der Waals surface area (Å²) in [4.78, 5) is 11.5. The molecule has 108 valence electrons. The lowest BCUT2D eigenvalue weighted by Crippen LogP contribution is -2.28. The van der Waals surface area contributed by atoms with Gasteiger partial charge in [0.05, 0.1) is 0 Å². The van der Waals surface area contributed by atoms with Gasteiger partial charge in [-0.1, -0.05) is 12.1 Å². The molecular formula is C16H22N2O2. The molecule has 0 heterocycles. The van der Waals surface area contributed by atoms with Crippen LogP contribution in [0.3, 0.4) is 0 Å². The number of carbonyl (C=O) groups is 1. The van der Waals surface area contributed by atoms with Gasteiger partial charge in [0.2, 0.25) is 0 Å². The number of hydrogen-bond donors (Lipinski definition) is 2. The van der Waals surface area contributed by atoms with Gasteiger partial charge in [-0.3, -0.25) is 4.79 Å². The first-order valence-electron chi connectivity index (χ1n) is 7.05. The van der Waals surface area contributed by atoms with Crippen LogP contribution in [0.1, 0.15) is 30.0 Å². The van der Waals surface area contributed by atoms with Crippen molar-refractivity contribution in [2.75, 3.05) is 20.2 Å². The van der Waals surface area contributed by atoms with E-state index < -0.39 is 0 Å². The lowest BCUT2D eigenvalue weighted by molar-refractivity contribution is -0.122. The minimum Gasteiger partial charge on any atom is -0.484 e. The molecule has 0 aliphatic heterocycles. The quantitative estimate of drug-likeness (QED) is 0.780. The zero-order valence-corrected chi connectivity index (χ0v) is 11.9. The van der Waals surface area contributed by atoms with Crippen molar-refractivity contribution in [1.29, 1.82) is 0 Å². The van der Waals surface area contributed by atoms with Gasteiger partial charge in [0.15, 0.2) is 6.61 Å². The molecule has 1 aromatic carbocycles. The molecule has 0 aromatic heterocycles. The second kappa shape index (κ2) is 7.10. The lowest BCUT2D eigenvalue weighted by Gasteiger charge is -2.25. The van der Waals surface area contributed by atoms with Gasteiger partial charge in [-0.15, -0.1) is 6.58 Å². The molecule has 2 rings (SSSR count). The summed E-state index contributed by atoms with van der Waals surface area (Å²) in [5.74, 6) is 0.630. The third-order valence-corrected chi connectivity index (χ3v) is 3.59. The number of fused-ring (bicyclic) bond motifs is 1. The van der Waals surface area contributed by atoms with Crippen LogP contribution in [0.4, 0.5) is 0 Å². The maximum atomic E-state index is 11.5. The van der Waals surface area contributed by atoms with Crippen molar-refractivity contribution < 1.29 is 9.53 Å². The number of aryl methyl sites for hydroxylation is 1. The number of ether oxygens (including phenoxy) is 1. The Morgan fingerprint density at radius 2 is 2.40 bits per heavy atom. The molecular weight excluding hydrogens is 252 g/mol. The Morgan fingerprint density at radius 1 is 1.55 bits per heavy atom. The van der Waals surface area contributed by atoms with E-state index in [1.165, 1.54) is 24.0 Å². The molecule has 1 amide bonds. The summed E-state index contributed by atoms with van der Waals surface area (Å²) < 4.78 is 5.53. The maximum absolute atomic E-state index is 11.5. The van der Waals surface area contributed by atoms with Gasteiger partial charge in [0.1, 0.15) is 5.75 Å². The highest BCUT2D eigenvalue weighted by Crippen LogP contribution is 2.31. The van der Waals surface area contributed by atoms with E-state index in [4.69, 9.17) is 4.74 Å². The molecule has 2 N–H and O–H groups in total. The van der Waals surface area contributed by atoms with Crippen molar-refractivity contribution in [2.24, 2.45) is 0 Å². The largest absolute Gasteiger partial charge is 0.484 e. The predicted octanol–water partition coefficient (Wildman–Crippen LogP) is 1.96. The van der Waals surface area contributed by atoms with Gasteiger partial charge in [0, 0.05) is 12.6 Å². The zero-order valence-electron chi connectivity index (χ0n) is 11.9. The Morgan fingerprint density at radius 3 is 3.15 bits per heavy atom. The molecule has 1 aliphatic rings. The molecule has 0 radical (unpaired) electrons. The molecule has 0 saturated heterocycles. The van der Waals surface area contributed by atoms with Crippen molar-refractivity contribution in [3.8, 4) is 5.75 Å². The van der Waals surface area contributed by atoms with Gasteiger partial charge in [-0.2, -0.15) is 0 Å². The standard InChI is InChI=1S/C16H22N2O2/c1-3-9-18-16(19)11-20-13-7-8-14-12(10-13)5-4-6-15(14)17-2/h3,7-8,10,15,17H,1,4-6,9,11H2,2H3,(H,18,19). The first-order chi connectivity index (χ1) is 9.74. The van der Waals surface area contributed by atoms with Crippen molar-refractivity contribution in [3.63, 3.8) is 0 Å². The third-order valence-electron chi connectivity index (χ3n) is 3.59. The van der Waals surface area contributed by atoms with Gasteiger partial charge < -0.3 is 15.4 Å². The Kier molecular flexibility index (Phi) is 5.18. The number of hydrogen-bond acceptors (Lipinski definition) is 3. The van der Waals surface area contributed by atoms with Crippen LogP contribution in [0.5, 0.6) is 5.75 Å². The van der Waals surface area contributed by atoms with E-state index in [0.29, 0.717) is 12.6 Å². The first-order valence-corrected chi connectivity index (χ1v) is 7.05. The molecule has 0 bridgehead atoms. The Bertz CT molecular complexity index is 485. The summed E-state index contributed by atoms with van der Waals surface area (Å²) >= 11 is 0. The molecule has 1 atom stereocenters. The predicted molar refractivity (Wildman–Crippen MR) is 79.9 cm³/mol. The second-order valence-corrected chi connectivity index (χ2v) is 4.98. The molecule has 0 spiro atoms. The number of rotatable bonds is 6. The highest BCUT2D eigenvalue weighted by atomic mass is 16.5. The molecule has 20 heavy (non-hydrogen) atoms. The summed E-state index contributed by atoms with van der Waals surface area (Å²) in [7, 11) is 1.99. The van der Waals surface area contributed by atoms with E-state index in [1.807, 2.05) is 13.1 Å². The molecule has 4 nitrogen and oxygen atoms in total. The summed E-state index contributed by atoms with van der Waals surface area (Å²) in [6.45, 7) is 4.07. The van der Waals surface area contributed by atoms with E-state index >= 15 is 0 Å². The van der Waals surface area contributed by atoms with Crippen LogP contribution in [0.2, 0.25) is 0 Å². The fourth-order valence-corrected chi connectivity index (χ4v) is 2.57. The van der Waals surface area contributed by atoms with Crippen LogP contribution in [0.15, 0.2) is 30.9 Å². The van der Waals surface area contributed by atoms with Crippen molar-refractivity contribution >= 4 is 5.91 Å². The van der Waals surface area contributed by atoms with Crippen LogP contribution < -0.4 is 15.4 Å². The SMILES string of the molecule is C=CCNC(=O)COc1ccc2c(c1)CCCC2NC. The molecule has 0 saturated carbocycles. The van der Waals surface area contributed by atoms with E-state index in [1.54, 1.807) is 6.08 Å². The Hall–Kier alpha value is -1.81. The van der Waals surface area contributed by atoms with Crippen molar-refractivity contribution in [3.05, 3.63) is 42.0 Å². The fraction of sp³-hybridized carbons (Fsp3) is 0.438. The van der Waals surface area contributed by atoms with Gasteiger partial charge in [-0.05, 0) is 49.6 Å². The summed E-state index contributed by atoms with van der Waals surface area (Å²) in [6.07, 6.45) is 5.08. The first kappa shape index (κ1) is 14.6. The monoisotopic (exact) mass is 274 g/mol. The molecule has 1 aromatic rings. The average Bonchev–Trinajstić information content (AvgIpc) is 2.49. The number of carbonyl (C=O) groups excluding carboxylic acids is 1. The van der Waals surface area contributed by atoms with E-state index in [0.717, 1.165) is 12.2 Å². The van der Waals surface area contributed by atoms with Crippen molar-refractivity contribution in [1.82, 2.24) is 10.6 Å². The van der Waals surface area contributed by atoms with Crippen LogP contribution in [0.25, 0.3) is 0 Å². The Labute approximate surface area is 120 Å². The third kappa shape index (κ3) is 3.61. The van der Waals surface area contributed by atoms with Gasteiger partial charge >= 0.3 is 0 Å². The van der Waals surface area contributed by atoms with Gasteiger partial charge in [-0.25, -0.2) is 0 Å². The highest BCUT2D eigenvalue weighted by molar-refractivity contribution is 5.77. The van der Waals surface area contributed by atoms with E-state index in [9.17, 15) is 4.79 Å². The number of benzene rings is 1. The second-order valence-electron chi connectivity index (χ2n) is 4.98. The summed E-state index contributed by atoms with van der Waals surface area (Å²) in [6, 6.07) is 6.53. The normalized spacial score (nSPS) is 17.1. The highest BCUT2D eigenvalue weighted by Gasteiger charge is 2.19. The minimum absolute atomic E-state index is 0.0437. The average molecular weight is 274 g/mol. The van der Waals surface area contributed by atoms with E-state index in [2.05, 4.69) is 29.3 Å². The van der Waals surface area contributed by atoms with Gasteiger partial charge in [0.25, 0.3) is 5.91 Å². The van der Waals surface area contributed by atoms with Crippen LogP contribution >= 0.6 is 0 Å². The fourth-order valence-electron chi connectivity index (χ4n) is 2.57. The zero-order chi connectivity index (χ0) is 14.4. The Balaban J connectivity index is 1.97. The maximum Gasteiger partial charge on any atom is 0.258 e. The number of amides is 1. The molecule has 0 fully saturated rings. The minimum atomic E-state index is -0.129. The van der Waals surface area contributed by atoms with Crippen molar-refractivity contribution in [2.45, 2.75) is 25.3 Å². The topological polar surface area (TPSA) is 50.4 Å². The number of nitrogens with one attached hydrogen (secondary N) is 2. The van der Waals surface area contributed by atoms with Crippen LogP contribution in [0, 0.1) is 0 Å². The molecule has 1 unspecified atom stereocenters. The lowest BCUT2D eigenvalue weighted by atomic mass is 9.87. The molecule has 4 heteroatoms. The molecule has 1 aliphatic carbocycles. The smallest absolute Gasteiger partial charge is 0.258 e. The van der Waals surface area contributed by atoms with E-state index in [-0.39, 0.29) is 12.5 Å².